The topological polar surface area (TPSA) is 41.6 Å². The minimum absolute atomic E-state index is 0.0658. The molecule has 4 nitrogen and oxygen atoms in total. The molecule has 158 valence electrons. The van der Waals surface area contributed by atoms with Gasteiger partial charge in [0.05, 0.1) is 6.04 Å². The highest BCUT2D eigenvalue weighted by molar-refractivity contribution is 5.77. The second-order valence-corrected chi connectivity index (χ2v) is 9.03. The van der Waals surface area contributed by atoms with Gasteiger partial charge < -0.3 is 10.1 Å². The van der Waals surface area contributed by atoms with Crippen LogP contribution < -0.4 is 5.32 Å². The van der Waals surface area contributed by atoms with Gasteiger partial charge >= 0.3 is 0 Å². The van der Waals surface area contributed by atoms with E-state index in [0.717, 1.165) is 51.3 Å². The van der Waals surface area contributed by atoms with E-state index in [1.54, 1.807) is 12.1 Å². The summed E-state index contributed by atoms with van der Waals surface area (Å²) in [5, 5.41) is 3.38. The third kappa shape index (κ3) is 4.01. The average molecular weight is 409 g/mol. The maximum Gasteiger partial charge on any atom is 0.220 e. The van der Waals surface area contributed by atoms with Crippen molar-refractivity contribution in [2.75, 3.05) is 26.3 Å². The molecule has 2 saturated heterocycles. The Balaban J connectivity index is 1.29. The van der Waals surface area contributed by atoms with Gasteiger partial charge in [0, 0.05) is 51.1 Å². The van der Waals surface area contributed by atoms with Crippen LogP contribution in [0.2, 0.25) is 0 Å². The summed E-state index contributed by atoms with van der Waals surface area (Å²) in [6.45, 7) is 4.15. The number of halogens is 1. The van der Waals surface area contributed by atoms with Crippen molar-refractivity contribution in [2.45, 2.75) is 37.8 Å². The molecule has 1 N–H and O–H groups in total. The molecule has 2 aliphatic heterocycles. The van der Waals surface area contributed by atoms with Crippen molar-refractivity contribution >= 4 is 5.91 Å². The summed E-state index contributed by atoms with van der Waals surface area (Å²) in [4.78, 5) is 15.3. The number of nitrogens with one attached hydrogen (secondary N) is 1. The van der Waals surface area contributed by atoms with Gasteiger partial charge in [0.1, 0.15) is 5.82 Å². The fourth-order valence-electron chi connectivity index (χ4n) is 5.60. The van der Waals surface area contributed by atoms with Crippen molar-refractivity contribution in [3.8, 4) is 0 Å². The van der Waals surface area contributed by atoms with Crippen LogP contribution in [0.1, 0.15) is 47.9 Å². The number of nitrogens with zero attached hydrogens (tertiary/aromatic N) is 1. The van der Waals surface area contributed by atoms with E-state index in [9.17, 15) is 9.18 Å². The van der Waals surface area contributed by atoms with Gasteiger partial charge in [-0.2, -0.15) is 0 Å². The van der Waals surface area contributed by atoms with E-state index in [4.69, 9.17) is 4.74 Å². The van der Waals surface area contributed by atoms with Gasteiger partial charge in [0.15, 0.2) is 0 Å². The normalized spacial score (nSPS) is 26.4. The van der Waals surface area contributed by atoms with E-state index >= 15 is 0 Å². The largest absolute Gasteiger partial charge is 0.381 e. The highest BCUT2D eigenvalue weighted by Gasteiger charge is 2.46. The van der Waals surface area contributed by atoms with Crippen LogP contribution in [0.15, 0.2) is 48.5 Å². The second kappa shape index (κ2) is 8.48. The zero-order valence-corrected chi connectivity index (χ0v) is 17.2. The molecule has 2 aromatic carbocycles. The van der Waals surface area contributed by atoms with E-state index in [0.29, 0.717) is 24.2 Å². The molecule has 0 unspecified atom stereocenters. The third-order valence-electron chi connectivity index (χ3n) is 7.03. The molecule has 2 heterocycles. The van der Waals surface area contributed by atoms with E-state index in [-0.39, 0.29) is 17.8 Å². The molecule has 5 rings (SSSR count). The van der Waals surface area contributed by atoms with Crippen LogP contribution in [-0.2, 0) is 16.1 Å². The standard InChI is InChI=1S/C25H29FN2O2/c26-19-5-3-4-18(12-19)14-28-15-22-20-6-1-2-7-21(20)25(23(22)16-28)27-24(29)13-17-8-10-30-11-9-17/h1-7,12,17,22-23,25H,8-11,13-16H2,(H,27,29)/t22-,23-,25+/m0/s1. The van der Waals surface area contributed by atoms with Crippen molar-refractivity contribution in [1.29, 1.82) is 0 Å². The first-order valence-corrected chi connectivity index (χ1v) is 11.1. The van der Waals surface area contributed by atoms with Crippen molar-refractivity contribution in [3.05, 3.63) is 71.0 Å². The summed E-state index contributed by atoms with van der Waals surface area (Å²) in [5.74, 6) is 1.19. The Morgan fingerprint density at radius 3 is 2.67 bits per heavy atom. The third-order valence-corrected chi connectivity index (χ3v) is 7.03. The van der Waals surface area contributed by atoms with Gasteiger partial charge in [0.25, 0.3) is 0 Å². The monoisotopic (exact) mass is 408 g/mol. The van der Waals surface area contributed by atoms with Gasteiger partial charge in [0.2, 0.25) is 5.91 Å². The number of likely N-dealkylation sites (tertiary alicyclic amines) is 1. The number of amides is 1. The number of ether oxygens (including phenoxy) is 1. The van der Waals surface area contributed by atoms with Gasteiger partial charge in [-0.1, -0.05) is 36.4 Å². The molecule has 0 saturated carbocycles. The van der Waals surface area contributed by atoms with Crippen LogP contribution in [0.25, 0.3) is 0 Å². The van der Waals surface area contributed by atoms with Crippen LogP contribution in [0.3, 0.4) is 0 Å². The van der Waals surface area contributed by atoms with Crippen LogP contribution >= 0.6 is 0 Å². The predicted molar refractivity (Wildman–Crippen MR) is 113 cm³/mol. The van der Waals surface area contributed by atoms with Crippen molar-refractivity contribution in [1.82, 2.24) is 10.2 Å². The van der Waals surface area contributed by atoms with E-state index < -0.39 is 0 Å². The summed E-state index contributed by atoms with van der Waals surface area (Å²) in [6.07, 6.45) is 2.54. The van der Waals surface area contributed by atoms with Gasteiger partial charge in [-0.25, -0.2) is 4.39 Å². The zero-order valence-electron chi connectivity index (χ0n) is 17.2. The van der Waals surface area contributed by atoms with Crippen molar-refractivity contribution < 1.29 is 13.9 Å². The number of carbonyl (C=O) groups is 1. The number of hydrogen-bond donors (Lipinski definition) is 1. The predicted octanol–water partition coefficient (Wildman–Crippen LogP) is 4.03. The fraction of sp³-hybridized carbons (Fsp3) is 0.480. The summed E-state index contributed by atoms with van der Waals surface area (Å²) >= 11 is 0. The molecule has 5 heteroatoms. The quantitative estimate of drug-likeness (QED) is 0.812. The number of benzene rings is 2. The smallest absolute Gasteiger partial charge is 0.220 e. The first kappa shape index (κ1) is 19.7. The maximum atomic E-state index is 13.6. The van der Waals surface area contributed by atoms with E-state index in [1.165, 1.54) is 17.2 Å². The van der Waals surface area contributed by atoms with Crippen LogP contribution in [0.4, 0.5) is 4.39 Å². The number of carbonyl (C=O) groups excluding carboxylic acids is 1. The lowest BCUT2D eigenvalue weighted by atomic mass is 9.93. The van der Waals surface area contributed by atoms with E-state index in [1.807, 2.05) is 6.07 Å². The maximum absolute atomic E-state index is 13.6. The molecule has 3 atom stereocenters. The molecule has 0 spiro atoms. The lowest BCUT2D eigenvalue weighted by Gasteiger charge is -2.25. The molecule has 2 fully saturated rings. The van der Waals surface area contributed by atoms with Crippen LogP contribution in [0.5, 0.6) is 0 Å². The molecule has 0 radical (unpaired) electrons. The summed E-state index contributed by atoms with van der Waals surface area (Å²) < 4.78 is 19.0. The first-order chi connectivity index (χ1) is 14.7. The highest BCUT2D eigenvalue weighted by atomic mass is 19.1. The molecular formula is C25H29FN2O2. The van der Waals surface area contributed by atoms with Crippen LogP contribution in [-0.4, -0.2) is 37.1 Å². The Kier molecular flexibility index (Phi) is 5.57. The Labute approximate surface area is 177 Å². The molecule has 2 aromatic rings. The minimum atomic E-state index is -0.185. The Morgan fingerprint density at radius 1 is 1.07 bits per heavy atom. The first-order valence-electron chi connectivity index (χ1n) is 11.1. The van der Waals surface area contributed by atoms with Crippen molar-refractivity contribution in [2.24, 2.45) is 11.8 Å². The molecule has 0 aromatic heterocycles. The summed E-state index contributed by atoms with van der Waals surface area (Å²) in [6, 6.07) is 15.5. The van der Waals surface area contributed by atoms with Gasteiger partial charge in [-0.3, -0.25) is 9.69 Å². The molecule has 3 aliphatic rings. The van der Waals surface area contributed by atoms with Gasteiger partial charge in [-0.05, 0) is 47.6 Å². The number of hydrogen-bond acceptors (Lipinski definition) is 3. The lowest BCUT2D eigenvalue weighted by molar-refractivity contribution is -0.123. The van der Waals surface area contributed by atoms with E-state index in [2.05, 4.69) is 34.5 Å². The minimum Gasteiger partial charge on any atom is -0.381 e. The van der Waals surface area contributed by atoms with Gasteiger partial charge in [-0.15, -0.1) is 0 Å². The summed E-state index contributed by atoms with van der Waals surface area (Å²) in [7, 11) is 0. The SMILES string of the molecule is O=C(CC1CCOCC1)N[C@@H]1c2ccccc2[C@@H]2CN(Cc3cccc(F)c3)C[C@H]12. The average Bonchev–Trinajstić information content (AvgIpc) is 3.27. The molecule has 1 aliphatic carbocycles. The lowest BCUT2D eigenvalue weighted by Crippen LogP contribution is -2.35. The Bertz CT molecular complexity index is 912. The highest BCUT2D eigenvalue weighted by Crippen LogP contribution is 2.49. The van der Waals surface area contributed by atoms with Crippen LogP contribution in [0, 0.1) is 17.7 Å². The molecule has 1 amide bonds. The second-order valence-electron chi connectivity index (χ2n) is 9.03. The number of fused-ring (bicyclic) bond motifs is 3. The molecular weight excluding hydrogens is 379 g/mol. The zero-order chi connectivity index (χ0) is 20.5. The van der Waals surface area contributed by atoms with Crippen molar-refractivity contribution in [3.63, 3.8) is 0 Å². The Morgan fingerprint density at radius 2 is 1.87 bits per heavy atom. The molecule has 0 bridgehead atoms. The summed E-state index contributed by atoms with van der Waals surface area (Å²) in [5.41, 5.74) is 3.64. The number of rotatable bonds is 5. The fourth-order valence-corrected chi connectivity index (χ4v) is 5.60. The molecule has 30 heavy (non-hydrogen) atoms. The Hall–Kier alpha value is -2.24.